The number of halogens is 1. The fourth-order valence-corrected chi connectivity index (χ4v) is 4.66. The Bertz CT molecular complexity index is 1030. The van der Waals surface area contributed by atoms with Crippen LogP contribution in [0.4, 0.5) is 4.39 Å². The van der Waals surface area contributed by atoms with Gasteiger partial charge in [-0.3, -0.25) is 9.59 Å². The molecule has 2 amide bonds. The second kappa shape index (κ2) is 8.97. The quantitative estimate of drug-likeness (QED) is 0.717. The Labute approximate surface area is 174 Å². The highest BCUT2D eigenvalue weighted by Gasteiger charge is 2.30. The molecule has 30 heavy (non-hydrogen) atoms. The summed E-state index contributed by atoms with van der Waals surface area (Å²) in [5.41, 5.74) is 0.746. The fraction of sp³-hybridized carbons (Fsp3) is 0.400. The van der Waals surface area contributed by atoms with Gasteiger partial charge in [-0.2, -0.15) is 4.72 Å². The molecule has 0 radical (unpaired) electrons. The summed E-state index contributed by atoms with van der Waals surface area (Å²) in [6.45, 7) is 3.94. The number of likely N-dealkylation sites (tertiary alicyclic amines) is 1. The Balaban J connectivity index is 1.54. The zero-order valence-electron chi connectivity index (χ0n) is 16.7. The number of carbonyl (C=O) groups excluding carboxylic acids is 2. The van der Waals surface area contributed by atoms with Gasteiger partial charge in [-0.05, 0) is 44.9 Å². The van der Waals surface area contributed by atoms with E-state index in [-0.39, 0.29) is 17.7 Å². The van der Waals surface area contributed by atoms with Gasteiger partial charge >= 0.3 is 0 Å². The summed E-state index contributed by atoms with van der Waals surface area (Å²) in [7, 11) is -4.17. The fourth-order valence-electron chi connectivity index (χ4n) is 3.38. The number of carbonyl (C=O) groups is 2. The van der Waals surface area contributed by atoms with Crippen LogP contribution in [0.1, 0.15) is 35.9 Å². The van der Waals surface area contributed by atoms with Crippen molar-refractivity contribution in [3.63, 3.8) is 0 Å². The van der Waals surface area contributed by atoms with Crippen molar-refractivity contribution in [1.82, 2.24) is 14.9 Å². The summed E-state index contributed by atoms with van der Waals surface area (Å²) in [6.07, 6.45) is 2.52. The van der Waals surface area contributed by atoms with E-state index in [1.54, 1.807) is 13.0 Å². The molecule has 1 atom stereocenters. The highest BCUT2D eigenvalue weighted by Crippen LogP contribution is 2.17. The van der Waals surface area contributed by atoms with Crippen LogP contribution in [0.5, 0.6) is 0 Å². The molecule has 2 heterocycles. The molecule has 1 aliphatic heterocycles. The Hall–Kier alpha value is -2.72. The lowest BCUT2D eigenvalue weighted by molar-refractivity contribution is -0.133. The molecule has 2 aromatic rings. The van der Waals surface area contributed by atoms with Crippen LogP contribution < -0.4 is 10.0 Å². The van der Waals surface area contributed by atoms with E-state index in [9.17, 15) is 22.4 Å². The average Bonchev–Trinajstić information content (AvgIpc) is 3.14. The number of benzene rings is 1. The number of sulfonamides is 1. The summed E-state index contributed by atoms with van der Waals surface area (Å²) in [5, 5.41) is 2.89. The van der Waals surface area contributed by atoms with E-state index in [1.165, 1.54) is 30.2 Å². The molecule has 0 aliphatic carbocycles. The number of hydrogen-bond acceptors (Lipinski definition) is 5. The summed E-state index contributed by atoms with van der Waals surface area (Å²) < 4.78 is 46.0. The lowest BCUT2D eigenvalue weighted by Gasteiger charge is -2.33. The predicted molar refractivity (Wildman–Crippen MR) is 107 cm³/mol. The van der Waals surface area contributed by atoms with E-state index in [0.717, 1.165) is 17.7 Å². The van der Waals surface area contributed by atoms with Crippen LogP contribution in [0.2, 0.25) is 0 Å². The third-order valence-corrected chi connectivity index (χ3v) is 6.61. The molecule has 1 fully saturated rings. The van der Waals surface area contributed by atoms with Gasteiger partial charge in [0.2, 0.25) is 15.9 Å². The van der Waals surface area contributed by atoms with Crippen LogP contribution >= 0.6 is 0 Å². The maximum atomic E-state index is 13.8. The number of hydrogen-bond donors (Lipinski definition) is 2. The molecule has 0 bridgehead atoms. The van der Waals surface area contributed by atoms with E-state index in [0.29, 0.717) is 25.9 Å². The van der Waals surface area contributed by atoms with Crippen LogP contribution in [0.25, 0.3) is 0 Å². The highest BCUT2D eigenvalue weighted by atomic mass is 32.2. The minimum Gasteiger partial charge on any atom is -0.459 e. The molecule has 1 aromatic carbocycles. The van der Waals surface area contributed by atoms with Crippen molar-refractivity contribution >= 4 is 21.8 Å². The van der Waals surface area contributed by atoms with Crippen molar-refractivity contribution in [3.8, 4) is 0 Å². The molecule has 1 aromatic heterocycles. The van der Waals surface area contributed by atoms with Gasteiger partial charge in [-0.15, -0.1) is 0 Å². The second-order valence-electron chi connectivity index (χ2n) is 7.28. The number of aryl methyl sites for hydroxylation is 1. The van der Waals surface area contributed by atoms with E-state index < -0.39 is 32.7 Å². The number of piperidine rings is 1. The standard InChI is InChI=1S/C20H24FN3O5S/c1-13-9-12-29-18(13)19(25)22-15-7-10-24(11-8-15)20(26)14(2)23-30(27,28)17-6-4-3-5-16(17)21/h3-6,9,12,14-15,23H,7-8,10-11H2,1-2H3,(H,22,25)/t14-/m0/s1. The Morgan fingerprint density at radius 3 is 2.47 bits per heavy atom. The molecular weight excluding hydrogens is 413 g/mol. The van der Waals surface area contributed by atoms with Gasteiger partial charge in [-0.25, -0.2) is 12.8 Å². The third kappa shape index (κ3) is 4.88. The van der Waals surface area contributed by atoms with Crippen molar-refractivity contribution in [2.24, 2.45) is 0 Å². The summed E-state index contributed by atoms with van der Waals surface area (Å²) in [4.78, 5) is 25.9. The van der Waals surface area contributed by atoms with Gasteiger partial charge in [-0.1, -0.05) is 12.1 Å². The van der Waals surface area contributed by atoms with Crippen molar-refractivity contribution in [1.29, 1.82) is 0 Å². The van der Waals surface area contributed by atoms with Gasteiger partial charge in [0.25, 0.3) is 5.91 Å². The summed E-state index contributed by atoms with van der Waals surface area (Å²) in [5.74, 6) is -1.31. The zero-order valence-corrected chi connectivity index (χ0v) is 17.5. The van der Waals surface area contributed by atoms with Gasteiger partial charge in [0.05, 0.1) is 12.3 Å². The van der Waals surface area contributed by atoms with Gasteiger partial charge in [0, 0.05) is 24.7 Å². The smallest absolute Gasteiger partial charge is 0.287 e. The lowest BCUT2D eigenvalue weighted by atomic mass is 10.0. The summed E-state index contributed by atoms with van der Waals surface area (Å²) >= 11 is 0. The Morgan fingerprint density at radius 1 is 1.20 bits per heavy atom. The molecule has 162 valence electrons. The van der Waals surface area contributed by atoms with Gasteiger partial charge in [0.15, 0.2) is 5.76 Å². The first-order chi connectivity index (χ1) is 14.2. The van der Waals surface area contributed by atoms with Crippen LogP contribution in [0, 0.1) is 12.7 Å². The molecule has 0 saturated carbocycles. The molecule has 2 N–H and O–H groups in total. The Morgan fingerprint density at radius 2 is 1.87 bits per heavy atom. The monoisotopic (exact) mass is 437 g/mol. The van der Waals surface area contributed by atoms with E-state index in [1.807, 2.05) is 0 Å². The number of nitrogens with one attached hydrogen (secondary N) is 2. The first-order valence-electron chi connectivity index (χ1n) is 9.59. The third-order valence-electron chi connectivity index (χ3n) is 5.04. The first-order valence-corrected chi connectivity index (χ1v) is 11.1. The first kappa shape index (κ1) is 22.0. The maximum Gasteiger partial charge on any atom is 0.287 e. The SMILES string of the molecule is Cc1ccoc1C(=O)NC1CCN(C(=O)[C@H](C)NS(=O)(=O)c2ccccc2F)CC1. The average molecular weight is 437 g/mol. The van der Waals surface area contributed by atoms with Crippen molar-refractivity contribution in [2.75, 3.05) is 13.1 Å². The van der Waals surface area contributed by atoms with Crippen molar-refractivity contribution in [2.45, 2.75) is 43.7 Å². The van der Waals surface area contributed by atoms with E-state index >= 15 is 0 Å². The highest BCUT2D eigenvalue weighted by molar-refractivity contribution is 7.89. The summed E-state index contributed by atoms with van der Waals surface area (Å²) in [6, 6.07) is 5.53. The van der Waals surface area contributed by atoms with Gasteiger partial charge in [0.1, 0.15) is 10.7 Å². The predicted octanol–water partition coefficient (Wildman–Crippen LogP) is 1.81. The minimum atomic E-state index is -4.17. The Kier molecular flexibility index (Phi) is 6.57. The molecule has 0 unspecified atom stereocenters. The normalized spacial score (nSPS) is 16.3. The number of nitrogens with zero attached hydrogens (tertiary/aromatic N) is 1. The van der Waals surface area contributed by atoms with Crippen molar-refractivity contribution < 1.29 is 26.8 Å². The van der Waals surface area contributed by atoms with E-state index in [4.69, 9.17) is 4.42 Å². The van der Waals surface area contributed by atoms with E-state index in [2.05, 4.69) is 10.0 Å². The van der Waals surface area contributed by atoms with Crippen molar-refractivity contribution in [3.05, 3.63) is 53.7 Å². The zero-order chi connectivity index (χ0) is 21.9. The molecule has 1 aliphatic rings. The molecule has 3 rings (SSSR count). The number of furan rings is 1. The van der Waals surface area contributed by atoms with Crippen LogP contribution in [-0.4, -0.2) is 50.3 Å². The van der Waals surface area contributed by atoms with Gasteiger partial charge < -0.3 is 14.6 Å². The molecular formula is C20H24FN3O5S. The van der Waals surface area contributed by atoms with Crippen LogP contribution in [0.3, 0.4) is 0 Å². The molecule has 8 nitrogen and oxygen atoms in total. The van der Waals surface area contributed by atoms with Crippen LogP contribution in [0.15, 0.2) is 45.9 Å². The molecule has 1 saturated heterocycles. The second-order valence-corrected chi connectivity index (χ2v) is 8.96. The largest absolute Gasteiger partial charge is 0.459 e. The number of rotatable bonds is 6. The lowest BCUT2D eigenvalue weighted by Crippen LogP contribution is -2.52. The molecule has 0 spiro atoms. The molecule has 10 heteroatoms. The van der Waals surface area contributed by atoms with Crippen LogP contribution in [-0.2, 0) is 14.8 Å². The maximum absolute atomic E-state index is 13.8. The number of amides is 2. The topological polar surface area (TPSA) is 109 Å². The minimum absolute atomic E-state index is 0.114.